The summed E-state index contributed by atoms with van der Waals surface area (Å²) in [6, 6.07) is 14.3. The molecule has 4 rings (SSSR count). The molecule has 10 nitrogen and oxygen atoms in total. The summed E-state index contributed by atoms with van der Waals surface area (Å²) in [7, 11) is 6.14. The molecule has 0 spiro atoms. The first-order chi connectivity index (χ1) is 17.9. The van der Waals surface area contributed by atoms with Crippen molar-refractivity contribution in [3.63, 3.8) is 0 Å². The van der Waals surface area contributed by atoms with E-state index in [0.717, 1.165) is 11.1 Å². The van der Waals surface area contributed by atoms with Gasteiger partial charge < -0.3 is 28.6 Å². The minimum atomic E-state index is -0.484. The lowest BCUT2D eigenvalue weighted by Gasteiger charge is -2.38. The van der Waals surface area contributed by atoms with E-state index in [4.69, 9.17) is 23.7 Å². The van der Waals surface area contributed by atoms with Gasteiger partial charge >= 0.3 is 0 Å². The third-order valence-electron chi connectivity index (χ3n) is 6.35. The summed E-state index contributed by atoms with van der Waals surface area (Å²) in [6.07, 6.45) is 0.599. The molecule has 1 aliphatic heterocycles. The molecule has 0 saturated carbocycles. The van der Waals surface area contributed by atoms with E-state index in [1.54, 1.807) is 37.3 Å². The van der Waals surface area contributed by atoms with E-state index in [1.807, 2.05) is 12.1 Å². The van der Waals surface area contributed by atoms with Gasteiger partial charge in [-0.15, -0.1) is 0 Å². The van der Waals surface area contributed by atoms with Crippen LogP contribution in [-0.2, 0) is 6.42 Å². The fourth-order valence-corrected chi connectivity index (χ4v) is 4.50. The Labute approximate surface area is 214 Å². The molecule has 3 aromatic rings. The lowest BCUT2D eigenvalue weighted by molar-refractivity contribution is -0.384. The van der Waals surface area contributed by atoms with Gasteiger partial charge in [0.05, 0.1) is 45.0 Å². The van der Waals surface area contributed by atoms with Gasteiger partial charge in [-0.05, 0) is 53.9 Å². The average molecular weight is 509 g/mol. The molecule has 1 aliphatic rings. The highest BCUT2D eigenvalue weighted by Gasteiger charge is 2.35. The Kier molecular flexibility index (Phi) is 7.66. The molecule has 1 heterocycles. The van der Waals surface area contributed by atoms with Gasteiger partial charge in [-0.3, -0.25) is 14.9 Å². The highest BCUT2D eigenvalue weighted by molar-refractivity contribution is 5.98. The number of benzene rings is 3. The van der Waals surface area contributed by atoms with E-state index in [1.165, 1.54) is 38.5 Å². The molecule has 194 valence electrons. The molecular formula is C27H28N2O8. The Bertz CT molecular complexity index is 1290. The van der Waals surface area contributed by atoms with Crippen LogP contribution in [0.5, 0.6) is 28.7 Å². The van der Waals surface area contributed by atoms with Crippen LogP contribution >= 0.6 is 0 Å². The maximum Gasteiger partial charge on any atom is 0.269 e. The van der Waals surface area contributed by atoms with E-state index in [0.29, 0.717) is 47.3 Å². The van der Waals surface area contributed by atoms with Crippen molar-refractivity contribution < 1.29 is 33.4 Å². The SMILES string of the molecule is COc1cc2c(cc1OC)[C@@H](COc1ccc([N+](=O)[O-])cc1)N(C(=O)c1cccc(OC)c1OC)CC2. The van der Waals surface area contributed by atoms with Gasteiger partial charge in [0.1, 0.15) is 12.4 Å². The number of non-ortho nitro benzene ring substituents is 1. The van der Waals surface area contributed by atoms with Crippen LogP contribution < -0.4 is 23.7 Å². The molecule has 0 bridgehead atoms. The van der Waals surface area contributed by atoms with E-state index in [2.05, 4.69) is 0 Å². The van der Waals surface area contributed by atoms with Crippen molar-refractivity contribution >= 4 is 11.6 Å². The van der Waals surface area contributed by atoms with Crippen molar-refractivity contribution in [1.29, 1.82) is 0 Å². The van der Waals surface area contributed by atoms with E-state index >= 15 is 0 Å². The molecule has 1 atom stereocenters. The number of nitrogens with zero attached hydrogens (tertiary/aromatic N) is 2. The molecule has 0 aliphatic carbocycles. The van der Waals surface area contributed by atoms with Crippen LogP contribution in [0, 0.1) is 10.1 Å². The van der Waals surface area contributed by atoms with Crippen LogP contribution in [0.3, 0.4) is 0 Å². The fourth-order valence-electron chi connectivity index (χ4n) is 4.50. The van der Waals surface area contributed by atoms with Crippen LogP contribution in [0.4, 0.5) is 5.69 Å². The molecular weight excluding hydrogens is 480 g/mol. The van der Waals surface area contributed by atoms with Gasteiger partial charge in [0.2, 0.25) is 0 Å². The minimum Gasteiger partial charge on any atom is -0.493 e. The Morgan fingerprint density at radius 2 is 1.62 bits per heavy atom. The van der Waals surface area contributed by atoms with Crippen molar-refractivity contribution in [3.8, 4) is 28.7 Å². The predicted molar refractivity (Wildman–Crippen MR) is 135 cm³/mol. The van der Waals surface area contributed by atoms with Crippen molar-refractivity contribution in [3.05, 3.63) is 81.4 Å². The highest BCUT2D eigenvalue weighted by atomic mass is 16.6. The fraction of sp³-hybridized carbons (Fsp3) is 0.296. The minimum absolute atomic E-state index is 0.0332. The normalized spacial score (nSPS) is 14.4. The topological polar surface area (TPSA) is 110 Å². The number of rotatable bonds is 9. The molecule has 1 amide bonds. The van der Waals surface area contributed by atoms with Crippen LogP contribution in [0.25, 0.3) is 0 Å². The summed E-state index contributed by atoms with van der Waals surface area (Å²) >= 11 is 0. The molecule has 0 aromatic heterocycles. The first-order valence-electron chi connectivity index (χ1n) is 11.6. The number of carbonyl (C=O) groups is 1. The maximum absolute atomic E-state index is 13.9. The second-order valence-electron chi connectivity index (χ2n) is 8.27. The molecule has 0 radical (unpaired) electrons. The quantitative estimate of drug-likeness (QED) is 0.308. The summed E-state index contributed by atoms with van der Waals surface area (Å²) in [6.45, 7) is 0.536. The predicted octanol–water partition coefficient (Wildman–Crippen LogP) is 4.45. The largest absolute Gasteiger partial charge is 0.493 e. The Morgan fingerprint density at radius 3 is 2.24 bits per heavy atom. The molecule has 0 fully saturated rings. The number of amides is 1. The lowest BCUT2D eigenvalue weighted by Crippen LogP contribution is -2.42. The van der Waals surface area contributed by atoms with Crippen LogP contribution in [0.2, 0.25) is 0 Å². The number of fused-ring (bicyclic) bond motifs is 1. The van der Waals surface area contributed by atoms with Crippen molar-refractivity contribution in [1.82, 2.24) is 4.90 Å². The number of carbonyl (C=O) groups excluding carboxylic acids is 1. The summed E-state index contributed by atoms with van der Waals surface area (Å²) < 4.78 is 27.9. The second-order valence-corrected chi connectivity index (χ2v) is 8.27. The zero-order valence-corrected chi connectivity index (χ0v) is 21.1. The van der Waals surface area contributed by atoms with Crippen molar-refractivity contribution in [2.75, 3.05) is 41.6 Å². The maximum atomic E-state index is 13.9. The number of ether oxygens (including phenoxy) is 5. The van der Waals surface area contributed by atoms with E-state index in [9.17, 15) is 14.9 Å². The monoisotopic (exact) mass is 508 g/mol. The molecule has 0 unspecified atom stereocenters. The van der Waals surface area contributed by atoms with Crippen LogP contribution in [0.15, 0.2) is 54.6 Å². The zero-order chi connectivity index (χ0) is 26.5. The van der Waals surface area contributed by atoms with Gasteiger partial charge in [0, 0.05) is 18.7 Å². The number of hydrogen-bond donors (Lipinski definition) is 0. The Morgan fingerprint density at radius 1 is 0.946 bits per heavy atom. The molecule has 3 aromatic carbocycles. The Hall–Kier alpha value is -4.47. The van der Waals surface area contributed by atoms with Gasteiger partial charge in [0.15, 0.2) is 23.0 Å². The first-order valence-corrected chi connectivity index (χ1v) is 11.6. The molecule has 10 heteroatoms. The van der Waals surface area contributed by atoms with E-state index < -0.39 is 11.0 Å². The molecule has 0 saturated heterocycles. The second kappa shape index (κ2) is 11.1. The van der Waals surface area contributed by atoms with Gasteiger partial charge in [-0.2, -0.15) is 0 Å². The number of nitro benzene ring substituents is 1. The van der Waals surface area contributed by atoms with Gasteiger partial charge in [-0.1, -0.05) is 6.07 Å². The number of methoxy groups -OCH3 is 4. The molecule has 37 heavy (non-hydrogen) atoms. The summed E-state index contributed by atoms with van der Waals surface area (Å²) in [5.74, 6) is 2.15. The van der Waals surface area contributed by atoms with Crippen LogP contribution in [-0.4, -0.2) is 57.3 Å². The smallest absolute Gasteiger partial charge is 0.269 e. The molecule has 0 N–H and O–H groups in total. The average Bonchev–Trinajstić information content (AvgIpc) is 2.94. The lowest BCUT2D eigenvalue weighted by atomic mass is 9.91. The zero-order valence-electron chi connectivity index (χ0n) is 21.1. The Balaban J connectivity index is 1.72. The van der Waals surface area contributed by atoms with Crippen molar-refractivity contribution in [2.45, 2.75) is 12.5 Å². The standard InChI is InChI=1S/C27H28N2O8/c1-33-23-7-5-6-20(26(23)36-4)27(30)28-13-12-17-14-24(34-2)25(35-3)15-21(17)22(28)16-37-19-10-8-18(9-11-19)29(31)32/h5-11,14-15,22H,12-13,16H2,1-4H3/t22-/m1/s1. The third kappa shape index (κ3) is 5.09. The first kappa shape index (κ1) is 25.6. The highest BCUT2D eigenvalue weighted by Crippen LogP contribution is 2.40. The van der Waals surface area contributed by atoms with Gasteiger partial charge in [-0.25, -0.2) is 0 Å². The summed E-state index contributed by atoms with van der Waals surface area (Å²) in [5.41, 5.74) is 2.21. The van der Waals surface area contributed by atoms with E-state index in [-0.39, 0.29) is 18.2 Å². The number of para-hydroxylation sites is 1. The number of hydrogen-bond acceptors (Lipinski definition) is 8. The summed E-state index contributed by atoms with van der Waals surface area (Å²) in [4.78, 5) is 26.1. The van der Waals surface area contributed by atoms with Crippen LogP contribution in [0.1, 0.15) is 27.5 Å². The van der Waals surface area contributed by atoms with Gasteiger partial charge in [0.25, 0.3) is 11.6 Å². The third-order valence-corrected chi connectivity index (χ3v) is 6.35. The summed E-state index contributed by atoms with van der Waals surface area (Å²) in [5, 5.41) is 11.0. The number of nitro groups is 1. The van der Waals surface area contributed by atoms with Crippen molar-refractivity contribution in [2.24, 2.45) is 0 Å².